The summed E-state index contributed by atoms with van der Waals surface area (Å²) in [6, 6.07) is 15.4. The van der Waals surface area contributed by atoms with Gasteiger partial charge in [0.25, 0.3) is 0 Å². The van der Waals surface area contributed by atoms with Crippen molar-refractivity contribution in [3.05, 3.63) is 63.6 Å². The van der Waals surface area contributed by atoms with E-state index in [0.717, 1.165) is 15.6 Å². The molecule has 4 nitrogen and oxygen atoms in total. The lowest BCUT2D eigenvalue weighted by Gasteiger charge is -2.01. The molecule has 0 atom stereocenters. The van der Waals surface area contributed by atoms with Crippen molar-refractivity contribution in [3.63, 3.8) is 0 Å². The average molecular weight is 350 g/mol. The van der Waals surface area contributed by atoms with Crippen molar-refractivity contribution >= 4 is 27.5 Å². The van der Waals surface area contributed by atoms with Gasteiger partial charge in [-0.25, -0.2) is 0 Å². The summed E-state index contributed by atoms with van der Waals surface area (Å²) in [6.07, 6.45) is 0. The lowest BCUT2D eigenvalue weighted by molar-refractivity contribution is 0.573. The fraction of sp³-hybridized carbons (Fsp3) is 0.0714. The van der Waals surface area contributed by atoms with E-state index in [1.54, 1.807) is 0 Å². The SMILES string of the molecule is Clc1ccccc1Cn1nnc(-c2ccccc2Br)n1. The minimum Gasteiger partial charge on any atom is -0.159 e. The van der Waals surface area contributed by atoms with Crippen LogP contribution in [0, 0.1) is 0 Å². The first-order chi connectivity index (χ1) is 9.74. The Morgan fingerprint density at radius 1 is 1.05 bits per heavy atom. The standard InChI is InChI=1S/C14H10BrClN4/c15-12-7-3-2-6-11(12)14-17-19-20(18-14)9-10-5-1-4-8-13(10)16/h1-8H,9H2. The van der Waals surface area contributed by atoms with Gasteiger partial charge in [0.15, 0.2) is 0 Å². The van der Waals surface area contributed by atoms with Gasteiger partial charge in [0.2, 0.25) is 5.82 Å². The molecule has 3 aromatic rings. The lowest BCUT2D eigenvalue weighted by atomic mass is 10.2. The third-order valence-corrected chi connectivity index (χ3v) is 3.90. The van der Waals surface area contributed by atoms with Crippen molar-refractivity contribution in [2.75, 3.05) is 0 Å². The maximum absolute atomic E-state index is 6.13. The molecule has 0 aliphatic carbocycles. The van der Waals surface area contributed by atoms with Gasteiger partial charge in [-0.05, 0) is 29.0 Å². The Labute approximate surface area is 129 Å². The van der Waals surface area contributed by atoms with Crippen LogP contribution in [-0.4, -0.2) is 20.2 Å². The van der Waals surface area contributed by atoms with Gasteiger partial charge in [0.1, 0.15) is 0 Å². The summed E-state index contributed by atoms with van der Waals surface area (Å²) in [6.45, 7) is 0.497. The highest BCUT2D eigenvalue weighted by Gasteiger charge is 2.10. The summed E-state index contributed by atoms with van der Waals surface area (Å²) in [5.41, 5.74) is 1.88. The quantitative estimate of drug-likeness (QED) is 0.722. The topological polar surface area (TPSA) is 43.6 Å². The average Bonchev–Trinajstić information content (AvgIpc) is 2.90. The van der Waals surface area contributed by atoms with E-state index in [2.05, 4.69) is 31.3 Å². The Balaban J connectivity index is 1.88. The summed E-state index contributed by atoms with van der Waals surface area (Å²) in [7, 11) is 0. The zero-order valence-corrected chi connectivity index (χ0v) is 12.7. The molecular formula is C14H10BrClN4. The molecule has 1 heterocycles. The summed E-state index contributed by atoms with van der Waals surface area (Å²) < 4.78 is 0.942. The van der Waals surface area contributed by atoms with E-state index in [9.17, 15) is 0 Å². The van der Waals surface area contributed by atoms with E-state index in [1.165, 1.54) is 4.80 Å². The second kappa shape index (κ2) is 5.73. The van der Waals surface area contributed by atoms with Gasteiger partial charge in [-0.1, -0.05) is 57.9 Å². The third-order valence-electron chi connectivity index (χ3n) is 2.84. The summed E-state index contributed by atoms with van der Waals surface area (Å²) in [4.78, 5) is 1.54. The van der Waals surface area contributed by atoms with Crippen molar-refractivity contribution in [2.24, 2.45) is 0 Å². The molecule has 0 aliphatic heterocycles. The van der Waals surface area contributed by atoms with Crippen LogP contribution in [0.1, 0.15) is 5.56 Å². The molecule has 100 valence electrons. The first kappa shape index (κ1) is 13.3. The second-order valence-corrected chi connectivity index (χ2v) is 5.48. The monoisotopic (exact) mass is 348 g/mol. The highest BCUT2D eigenvalue weighted by molar-refractivity contribution is 9.10. The van der Waals surface area contributed by atoms with E-state index in [-0.39, 0.29) is 0 Å². The normalized spacial score (nSPS) is 10.7. The number of benzene rings is 2. The predicted octanol–water partition coefficient (Wildman–Crippen LogP) is 3.80. The summed E-state index contributed by atoms with van der Waals surface area (Å²) >= 11 is 9.61. The molecule has 2 aromatic carbocycles. The van der Waals surface area contributed by atoms with Gasteiger partial charge in [0, 0.05) is 15.1 Å². The Morgan fingerprint density at radius 3 is 2.60 bits per heavy atom. The predicted molar refractivity (Wildman–Crippen MR) is 81.5 cm³/mol. The second-order valence-electron chi connectivity index (χ2n) is 4.21. The highest BCUT2D eigenvalue weighted by Crippen LogP contribution is 2.24. The molecule has 1 aromatic heterocycles. The fourth-order valence-corrected chi connectivity index (χ4v) is 2.50. The summed E-state index contributed by atoms with van der Waals surface area (Å²) in [5.74, 6) is 0.588. The van der Waals surface area contributed by atoms with Crippen molar-refractivity contribution in [1.29, 1.82) is 0 Å². The van der Waals surface area contributed by atoms with E-state index >= 15 is 0 Å². The number of hydrogen-bond donors (Lipinski definition) is 0. The Bertz CT molecular complexity index is 741. The third kappa shape index (κ3) is 2.73. The van der Waals surface area contributed by atoms with Crippen LogP contribution in [0.15, 0.2) is 53.0 Å². The largest absolute Gasteiger partial charge is 0.206 e. The fourth-order valence-electron chi connectivity index (χ4n) is 1.84. The molecule has 0 saturated carbocycles. The molecular weight excluding hydrogens is 340 g/mol. The Hall–Kier alpha value is -1.72. The van der Waals surface area contributed by atoms with Gasteiger partial charge in [-0.2, -0.15) is 4.80 Å². The lowest BCUT2D eigenvalue weighted by Crippen LogP contribution is -2.04. The van der Waals surface area contributed by atoms with Crippen LogP contribution in [0.4, 0.5) is 0 Å². The van der Waals surface area contributed by atoms with E-state index < -0.39 is 0 Å². The molecule has 0 spiro atoms. The molecule has 0 bridgehead atoms. The van der Waals surface area contributed by atoms with Gasteiger partial charge in [-0.15, -0.1) is 10.2 Å². The van der Waals surface area contributed by atoms with Crippen LogP contribution in [0.3, 0.4) is 0 Å². The molecule has 6 heteroatoms. The number of tetrazole rings is 1. The van der Waals surface area contributed by atoms with Gasteiger partial charge in [-0.3, -0.25) is 0 Å². The van der Waals surface area contributed by atoms with Gasteiger partial charge in [0.05, 0.1) is 6.54 Å². The number of aromatic nitrogens is 4. The zero-order chi connectivity index (χ0) is 13.9. The number of nitrogens with zero attached hydrogens (tertiary/aromatic N) is 4. The minimum absolute atomic E-state index is 0.497. The van der Waals surface area contributed by atoms with Crippen molar-refractivity contribution in [3.8, 4) is 11.4 Å². The number of rotatable bonds is 3. The molecule has 0 radical (unpaired) electrons. The summed E-state index contributed by atoms with van der Waals surface area (Å²) in [5, 5.41) is 13.2. The van der Waals surface area contributed by atoms with Crippen molar-refractivity contribution < 1.29 is 0 Å². The van der Waals surface area contributed by atoms with Crippen LogP contribution >= 0.6 is 27.5 Å². The molecule has 0 saturated heterocycles. The molecule has 0 N–H and O–H groups in total. The van der Waals surface area contributed by atoms with Gasteiger partial charge < -0.3 is 0 Å². The van der Waals surface area contributed by atoms with Crippen LogP contribution < -0.4 is 0 Å². The van der Waals surface area contributed by atoms with Crippen LogP contribution in [-0.2, 0) is 6.54 Å². The highest BCUT2D eigenvalue weighted by atomic mass is 79.9. The van der Waals surface area contributed by atoms with E-state index in [1.807, 2.05) is 48.5 Å². The Morgan fingerprint density at radius 2 is 1.80 bits per heavy atom. The molecule has 0 aliphatic rings. The van der Waals surface area contributed by atoms with Gasteiger partial charge >= 0.3 is 0 Å². The molecule has 0 unspecified atom stereocenters. The first-order valence-corrected chi connectivity index (χ1v) is 7.17. The number of hydrogen-bond acceptors (Lipinski definition) is 3. The molecule has 3 rings (SSSR count). The zero-order valence-electron chi connectivity index (χ0n) is 10.4. The first-order valence-electron chi connectivity index (χ1n) is 6.00. The van der Waals surface area contributed by atoms with Crippen LogP contribution in [0.25, 0.3) is 11.4 Å². The van der Waals surface area contributed by atoms with E-state index in [4.69, 9.17) is 11.6 Å². The van der Waals surface area contributed by atoms with Crippen molar-refractivity contribution in [2.45, 2.75) is 6.54 Å². The molecule has 20 heavy (non-hydrogen) atoms. The van der Waals surface area contributed by atoms with Crippen molar-refractivity contribution in [1.82, 2.24) is 20.2 Å². The molecule has 0 amide bonds. The Kier molecular flexibility index (Phi) is 3.80. The minimum atomic E-state index is 0.497. The van der Waals surface area contributed by atoms with Crippen LogP contribution in [0.5, 0.6) is 0 Å². The number of halogens is 2. The maximum atomic E-state index is 6.13. The maximum Gasteiger partial charge on any atom is 0.206 e. The van der Waals surface area contributed by atoms with E-state index in [0.29, 0.717) is 17.4 Å². The van der Waals surface area contributed by atoms with Crippen LogP contribution in [0.2, 0.25) is 5.02 Å². The smallest absolute Gasteiger partial charge is 0.159 e. The molecule has 0 fully saturated rings.